The zero-order chi connectivity index (χ0) is 13.5. The van der Waals surface area contributed by atoms with Gasteiger partial charge in [0.05, 0.1) is 0 Å². The second-order valence-electron chi connectivity index (χ2n) is 3.27. The van der Waals surface area contributed by atoms with Crippen molar-refractivity contribution in [3.05, 3.63) is 16.8 Å². The van der Waals surface area contributed by atoms with Gasteiger partial charge in [0, 0.05) is 17.1 Å². The normalized spacial score (nSPS) is 12.0. The third kappa shape index (κ3) is 2.41. The largest absolute Gasteiger partial charge is 0.477 e. The van der Waals surface area contributed by atoms with E-state index >= 15 is 0 Å². The Morgan fingerprint density at radius 2 is 2.11 bits per heavy atom. The van der Waals surface area contributed by atoms with Crippen molar-refractivity contribution < 1.29 is 23.1 Å². The van der Waals surface area contributed by atoms with E-state index in [0.717, 1.165) is 17.7 Å². The number of thioether (sulfide) groups is 1. The van der Waals surface area contributed by atoms with Crippen LogP contribution in [0.4, 0.5) is 13.2 Å². The molecule has 18 heavy (non-hydrogen) atoms. The van der Waals surface area contributed by atoms with E-state index in [2.05, 4.69) is 9.97 Å². The van der Waals surface area contributed by atoms with Crippen LogP contribution in [0.1, 0.15) is 15.2 Å². The van der Waals surface area contributed by atoms with Gasteiger partial charge >= 0.3 is 11.5 Å². The van der Waals surface area contributed by atoms with Crippen molar-refractivity contribution in [3.63, 3.8) is 0 Å². The number of hydrogen-bond acceptors (Lipinski definition) is 5. The highest BCUT2D eigenvalue weighted by Crippen LogP contribution is 2.41. The van der Waals surface area contributed by atoms with Gasteiger partial charge in [0.2, 0.25) is 0 Å². The first-order chi connectivity index (χ1) is 8.29. The number of aryl methyl sites for hydroxylation is 1. The zero-order valence-electron chi connectivity index (χ0n) is 8.78. The fourth-order valence-corrected chi connectivity index (χ4v) is 3.15. The van der Waals surface area contributed by atoms with E-state index in [4.69, 9.17) is 5.11 Å². The van der Waals surface area contributed by atoms with Crippen LogP contribution >= 0.6 is 23.1 Å². The van der Waals surface area contributed by atoms with E-state index in [1.807, 2.05) is 0 Å². The summed E-state index contributed by atoms with van der Waals surface area (Å²) in [7, 11) is 0. The lowest BCUT2D eigenvalue weighted by Gasteiger charge is -2.05. The van der Waals surface area contributed by atoms with Crippen LogP contribution in [0.3, 0.4) is 0 Å². The molecule has 96 valence electrons. The Hall–Kier alpha value is -1.35. The van der Waals surface area contributed by atoms with Gasteiger partial charge in [0.1, 0.15) is 21.1 Å². The van der Waals surface area contributed by atoms with Gasteiger partial charge in [-0.1, -0.05) is 0 Å². The van der Waals surface area contributed by atoms with Crippen molar-refractivity contribution >= 4 is 39.3 Å². The fraction of sp³-hybridized carbons (Fsp3) is 0.222. The quantitative estimate of drug-likeness (QED) is 0.680. The Morgan fingerprint density at radius 1 is 1.44 bits per heavy atom. The number of fused-ring (bicyclic) bond motifs is 1. The summed E-state index contributed by atoms with van der Waals surface area (Å²) in [6, 6.07) is 0. The molecule has 0 saturated carbocycles. The minimum atomic E-state index is -4.47. The van der Waals surface area contributed by atoms with Crippen molar-refractivity contribution in [3.8, 4) is 0 Å². The lowest BCUT2D eigenvalue weighted by atomic mass is 10.2. The first kappa shape index (κ1) is 13.1. The van der Waals surface area contributed by atoms with Crippen LogP contribution in [0.5, 0.6) is 0 Å². The molecule has 9 heteroatoms. The third-order valence-corrected chi connectivity index (χ3v) is 4.02. The summed E-state index contributed by atoms with van der Waals surface area (Å²) >= 11 is 0.473. The second kappa shape index (κ2) is 4.39. The summed E-state index contributed by atoms with van der Waals surface area (Å²) < 4.78 is 37.1. The average molecular weight is 294 g/mol. The molecule has 2 aromatic rings. The highest BCUT2D eigenvalue weighted by atomic mass is 32.2. The van der Waals surface area contributed by atoms with Crippen LogP contribution in [0.15, 0.2) is 11.4 Å². The second-order valence-corrected chi connectivity index (χ2v) is 5.32. The van der Waals surface area contributed by atoms with Gasteiger partial charge < -0.3 is 5.11 Å². The van der Waals surface area contributed by atoms with Gasteiger partial charge in [-0.2, -0.15) is 13.2 Å². The number of carbonyl (C=O) groups is 1. The molecule has 2 rings (SSSR count). The maximum atomic E-state index is 12.4. The van der Waals surface area contributed by atoms with Crippen LogP contribution in [0.25, 0.3) is 10.2 Å². The summed E-state index contributed by atoms with van der Waals surface area (Å²) in [4.78, 5) is 18.5. The van der Waals surface area contributed by atoms with Gasteiger partial charge in [-0.3, -0.25) is 0 Å². The minimum Gasteiger partial charge on any atom is -0.477 e. The lowest BCUT2D eigenvalue weighted by Crippen LogP contribution is -2.01. The van der Waals surface area contributed by atoms with E-state index in [9.17, 15) is 18.0 Å². The van der Waals surface area contributed by atoms with Crippen LogP contribution in [0.2, 0.25) is 0 Å². The van der Waals surface area contributed by atoms with Crippen molar-refractivity contribution in [2.45, 2.75) is 17.5 Å². The van der Waals surface area contributed by atoms with Crippen LogP contribution in [0, 0.1) is 6.92 Å². The van der Waals surface area contributed by atoms with Gasteiger partial charge in [-0.15, -0.1) is 11.3 Å². The Labute approximate surface area is 107 Å². The highest BCUT2D eigenvalue weighted by Gasteiger charge is 2.32. The molecule has 0 aliphatic heterocycles. The Morgan fingerprint density at radius 3 is 2.67 bits per heavy atom. The Kier molecular flexibility index (Phi) is 3.20. The van der Waals surface area contributed by atoms with Gasteiger partial charge in [0.25, 0.3) is 0 Å². The van der Waals surface area contributed by atoms with Crippen LogP contribution in [-0.4, -0.2) is 26.6 Å². The third-order valence-electron chi connectivity index (χ3n) is 2.10. The number of carboxylic acid groups (broad SMARTS) is 1. The minimum absolute atomic E-state index is 0.0190. The number of alkyl halides is 3. The van der Waals surface area contributed by atoms with Crippen molar-refractivity contribution in [1.82, 2.24) is 9.97 Å². The molecule has 2 heterocycles. The topological polar surface area (TPSA) is 63.1 Å². The number of aromatic nitrogens is 2. The Bertz CT molecular complexity index is 624. The average Bonchev–Trinajstić information content (AvgIpc) is 2.55. The molecule has 0 amide bonds. The number of carboxylic acids is 1. The maximum absolute atomic E-state index is 12.4. The van der Waals surface area contributed by atoms with Crippen molar-refractivity contribution in [2.75, 3.05) is 0 Å². The molecular weight excluding hydrogens is 289 g/mol. The SMILES string of the molecule is Cc1c(C(=O)O)sc2ncnc(SC(F)(F)F)c12. The zero-order valence-corrected chi connectivity index (χ0v) is 10.4. The number of aromatic carboxylic acids is 1. The van der Waals surface area contributed by atoms with Crippen molar-refractivity contribution in [1.29, 1.82) is 0 Å². The predicted molar refractivity (Wildman–Crippen MR) is 61.0 cm³/mol. The van der Waals surface area contributed by atoms with E-state index in [-0.39, 0.29) is 37.4 Å². The molecule has 2 aromatic heterocycles. The molecule has 0 spiro atoms. The van der Waals surface area contributed by atoms with E-state index in [0.29, 0.717) is 0 Å². The molecule has 0 aliphatic carbocycles. The molecule has 0 atom stereocenters. The molecule has 0 aromatic carbocycles. The highest BCUT2D eigenvalue weighted by molar-refractivity contribution is 8.00. The standard InChI is InChI=1S/C9H5F3N2O2S2/c1-3-4-6(17-5(3)8(15)16)13-2-14-7(4)18-9(10,11)12/h2H,1H3,(H,15,16). The molecule has 0 bridgehead atoms. The maximum Gasteiger partial charge on any atom is 0.447 e. The molecule has 0 unspecified atom stereocenters. The first-order valence-corrected chi connectivity index (χ1v) is 6.16. The molecule has 0 fully saturated rings. The molecule has 1 N–H and O–H groups in total. The molecule has 0 radical (unpaired) electrons. The number of halogens is 3. The number of rotatable bonds is 2. The molecule has 0 saturated heterocycles. The van der Waals surface area contributed by atoms with E-state index in [1.165, 1.54) is 6.92 Å². The first-order valence-electron chi connectivity index (χ1n) is 4.52. The Balaban J connectivity index is 2.65. The predicted octanol–water partition coefficient (Wildman–Crippen LogP) is 3.31. The summed E-state index contributed by atoms with van der Waals surface area (Å²) in [5, 5.41) is 8.81. The summed E-state index contributed by atoms with van der Waals surface area (Å²) in [5.74, 6) is -1.18. The lowest BCUT2D eigenvalue weighted by molar-refractivity contribution is -0.0329. The summed E-state index contributed by atoms with van der Waals surface area (Å²) in [5.41, 5.74) is -4.21. The smallest absolute Gasteiger partial charge is 0.447 e. The molecular formula is C9H5F3N2O2S2. The van der Waals surface area contributed by atoms with Crippen LogP contribution < -0.4 is 0 Å². The molecule has 4 nitrogen and oxygen atoms in total. The molecule has 0 aliphatic rings. The van der Waals surface area contributed by atoms with Crippen molar-refractivity contribution in [2.24, 2.45) is 0 Å². The van der Waals surface area contributed by atoms with Gasteiger partial charge in [-0.05, 0) is 12.5 Å². The summed E-state index contributed by atoms with van der Waals surface area (Å²) in [6.45, 7) is 1.45. The van der Waals surface area contributed by atoms with Crippen LogP contribution in [-0.2, 0) is 0 Å². The number of thiophene rings is 1. The van der Waals surface area contributed by atoms with E-state index < -0.39 is 11.5 Å². The fourth-order valence-electron chi connectivity index (χ4n) is 1.43. The van der Waals surface area contributed by atoms with Gasteiger partial charge in [0.15, 0.2) is 0 Å². The van der Waals surface area contributed by atoms with E-state index in [1.54, 1.807) is 0 Å². The number of nitrogens with zero attached hydrogens (tertiary/aromatic N) is 2. The summed E-state index contributed by atoms with van der Waals surface area (Å²) in [6.07, 6.45) is 0.998. The number of hydrogen-bond donors (Lipinski definition) is 1. The van der Waals surface area contributed by atoms with Gasteiger partial charge in [-0.25, -0.2) is 14.8 Å². The monoisotopic (exact) mass is 294 g/mol.